The Balaban J connectivity index is 1.28. The Kier molecular flexibility index (Phi) is 8.96. The van der Waals surface area contributed by atoms with Gasteiger partial charge < -0.3 is 14.7 Å². The summed E-state index contributed by atoms with van der Waals surface area (Å²) in [5, 5.41) is 0. The maximum Gasteiger partial charge on any atom is 0.252 e. The van der Waals surface area contributed by atoms with E-state index < -0.39 is 0 Å². The van der Waals surface area contributed by atoms with Crippen molar-refractivity contribution in [3.05, 3.63) is 143 Å². The van der Waals surface area contributed by atoms with Crippen molar-refractivity contribution in [1.82, 2.24) is 0 Å². The minimum absolute atomic E-state index is 0.0286. The molecule has 0 aliphatic carbocycles. The van der Waals surface area contributed by atoms with Crippen LogP contribution in [0.15, 0.2) is 109 Å². The molecule has 0 amide bonds. The minimum Gasteiger partial charge on any atom is -0.312 e. The van der Waals surface area contributed by atoms with Crippen LogP contribution in [0, 0.1) is 0 Å². The van der Waals surface area contributed by atoms with Crippen molar-refractivity contribution < 1.29 is 0 Å². The monoisotopic (exact) mass is 940 g/mol. The lowest BCUT2D eigenvalue weighted by Gasteiger charge is -2.56. The van der Waals surface area contributed by atoms with Crippen LogP contribution in [0.5, 0.6) is 0 Å². The van der Waals surface area contributed by atoms with Crippen LogP contribution in [-0.4, -0.2) is 20.1 Å². The highest BCUT2D eigenvalue weighted by Gasteiger charge is 2.58. The van der Waals surface area contributed by atoms with E-state index in [1.54, 1.807) is 0 Å². The number of hydrogen-bond acceptors (Lipinski definition) is 3. The third-order valence-corrected chi connectivity index (χ3v) is 17.8. The summed E-state index contributed by atoms with van der Waals surface area (Å²) < 4.78 is 0. The van der Waals surface area contributed by atoms with Crippen LogP contribution in [0.2, 0.25) is 0 Å². The quantitative estimate of drug-likeness (QED) is 0.140. The minimum atomic E-state index is -0.0423. The fraction of sp³-hybridized carbons (Fsp3) is 0.364. The summed E-state index contributed by atoms with van der Waals surface area (Å²) in [6, 6.07) is 45.4. The normalized spacial score (nSPS) is 15.8. The van der Waals surface area contributed by atoms with Gasteiger partial charge in [-0.25, -0.2) is 0 Å². The van der Waals surface area contributed by atoms with E-state index >= 15 is 0 Å². The summed E-state index contributed by atoms with van der Waals surface area (Å²) in [5.41, 5.74) is 32.8. The van der Waals surface area contributed by atoms with Gasteiger partial charge in [-0.05, 0) is 151 Å². The van der Waals surface area contributed by atoms with E-state index in [-0.39, 0.29) is 52.6 Å². The molecule has 0 radical (unpaired) electrons. The first-order chi connectivity index (χ1) is 33.5. The van der Waals surface area contributed by atoms with Crippen molar-refractivity contribution in [2.45, 2.75) is 157 Å². The molecule has 72 heavy (non-hydrogen) atoms. The third kappa shape index (κ3) is 6.13. The van der Waals surface area contributed by atoms with E-state index in [9.17, 15) is 0 Å². The number of benzene rings is 7. The van der Waals surface area contributed by atoms with Crippen molar-refractivity contribution in [2.75, 3.05) is 14.7 Å². The standard InChI is InChI=1S/C66H72B3N3/c1-61(2,3)37-19-25-43-49(31-37)70-50-32-38(62(4,5)6)20-26-44(50)68-46-28-22-40(64(10,11)12)34-52(46)72-54-36-42(66(16,17)18)24-30-48(54)69-47-29-23-41(65(13,14)15)35-53(47)71-51-33-39(63(7,8)9)21-27-45(51)67(43)55-58(70)56(68)60(72)57(69)59(55)71/h19-36H,1-18H3. The van der Waals surface area contributed by atoms with Gasteiger partial charge in [0.1, 0.15) is 0 Å². The zero-order chi connectivity index (χ0) is 51.0. The molecule has 0 aromatic heterocycles. The van der Waals surface area contributed by atoms with Gasteiger partial charge in [-0.2, -0.15) is 0 Å². The number of fused-ring (bicyclic) bond motifs is 18. The second-order valence-electron chi connectivity index (χ2n) is 28.7. The molecule has 0 atom stereocenters. The Hall–Kier alpha value is -5.87. The van der Waals surface area contributed by atoms with Crippen molar-refractivity contribution in [3.63, 3.8) is 0 Å². The summed E-state index contributed by atoms with van der Waals surface area (Å²) in [5.74, 6) is 0. The molecule has 0 saturated heterocycles. The van der Waals surface area contributed by atoms with Gasteiger partial charge in [0.05, 0.1) is 0 Å². The maximum absolute atomic E-state index is 2.79. The second-order valence-corrected chi connectivity index (χ2v) is 28.7. The lowest BCUT2D eigenvalue weighted by molar-refractivity contribution is 0.590. The van der Waals surface area contributed by atoms with E-state index in [1.165, 1.54) is 134 Å². The average molecular weight is 940 g/mol. The largest absolute Gasteiger partial charge is 0.312 e. The van der Waals surface area contributed by atoms with Crippen molar-refractivity contribution in [2.24, 2.45) is 0 Å². The van der Waals surface area contributed by atoms with Crippen LogP contribution in [-0.2, 0) is 32.5 Å². The molecule has 3 nitrogen and oxygen atoms in total. The summed E-state index contributed by atoms with van der Waals surface area (Å²) in [6.45, 7) is 42.9. The summed E-state index contributed by atoms with van der Waals surface area (Å²) in [6.07, 6.45) is 0. The Labute approximate surface area is 432 Å². The highest BCUT2D eigenvalue weighted by molar-refractivity contribution is 7.09. The zero-order valence-electron chi connectivity index (χ0n) is 46.5. The lowest BCUT2D eigenvalue weighted by Crippen LogP contribution is -2.74. The van der Waals surface area contributed by atoms with Crippen LogP contribution in [0.1, 0.15) is 158 Å². The first-order valence-corrected chi connectivity index (χ1v) is 27.0. The summed E-state index contributed by atoms with van der Waals surface area (Å²) in [4.78, 5) is 8.38. The van der Waals surface area contributed by atoms with E-state index in [0.29, 0.717) is 0 Å². The maximum atomic E-state index is 2.79. The van der Waals surface area contributed by atoms with Gasteiger partial charge in [-0.15, -0.1) is 0 Å². The molecule has 7 aromatic rings. The summed E-state index contributed by atoms with van der Waals surface area (Å²) >= 11 is 0. The molecule has 0 unspecified atom stereocenters. The highest BCUT2D eigenvalue weighted by atomic mass is 15.2. The Morgan fingerprint density at radius 1 is 0.236 bits per heavy atom. The van der Waals surface area contributed by atoms with Crippen molar-refractivity contribution in [1.29, 1.82) is 0 Å². The predicted molar refractivity (Wildman–Crippen MR) is 317 cm³/mol. The van der Waals surface area contributed by atoms with Crippen LogP contribution >= 0.6 is 0 Å². The molecule has 360 valence electrons. The molecule has 6 heteroatoms. The number of hydrogen-bond donors (Lipinski definition) is 0. The van der Waals surface area contributed by atoms with Gasteiger partial charge >= 0.3 is 0 Å². The predicted octanol–water partition coefficient (Wildman–Crippen LogP) is 11.3. The molecule has 6 heterocycles. The van der Waals surface area contributed by atoms with Crippen LogP contribution in [0.25, 0.3) is 0 Å². The molecular weight excluding hydrogens is 867 g/mol. The zero-order valence-corrected chi connectivity index (χ0v) is 46.5. The van der Waals surface area contributed by atoms with Gasteiger partial charge in [-0.1, -0.05) is 197 Å². The fourth-order valence-corrected chi connectivity index (χ4v) is 13.5. The topological polar surface area (TPSA) is 9.72 Å². The number of anilines is 9. The molecular formula is C66H72B3N3. The Morgan fingerprint density at radius 2 is 0.389 bits per heavy atom. The van der Waals surface area contributed by atoms with E-state index in [2.05, 4.69) is 249 Å². The molecule has 0 bridgehead atoms. The van der Waals surface area contributed by atoms with Crippen molar-refractivity contribution >= 4 is 120 Å². The summed E-state index contributed by atoms with van der Waals surface area (Å²) in [7, 11) is 0. The van der Waals surface area contributed by atoms with E-state index in [1.807, 2.05) is 0 Å². The molecule has 0 spiro atoms. The molecule has 0 saturated carbocycles. The molecule has 7 aromatic carbocycles. The van der Waals surface area contributed by atoms with Gasteiger partial charge in [0.25, 0.3) is 20.1 Å². The van der Waals surface area contributed by atoms with E-state index in [4.69, 9.17) is 0 Å². The lowest BCUT2D eigenvalue weighted by atomic mass is 9.24. The molecule has 6 aliphatic heterocycles. The van der Waals surface area contributed by atoms with Gasteiger partial charge in [0.15, 0.2) is 0 Å². The number of rotatable bonds is 0. The first-order valence-electron chi connectivity index (χ1n) is 27.0. The van der Waals surface area contributed by atoms with Crippen LogP contribution in [0.4, 0.5) is 51.2 Å². The third-order valence-electron chi connectivity index (χ3n) is 17.8. The first kappa shape index (κ1) is 46.0. The van der Waals surface area contributed by atoms with E-state index in [0.717, 1.165) is 0 Å². The smallest absolute Gasteiger partial charge is 0.252 e. The highest BCUT2D eigenvalue weighted by Crippen LogP contribution is 2.53. The van der Waals surface area contributed by atoms with Crippen LogP contribution in [0.3, 0.4) is 0 Å². The number of nitrogens with zero attached hydrogens (tertiary/aromatic N) is 3. The molecule has 0 fully saturated rings. The molecule has 0 N–H and O–H groups in total. The van der Waals surface area contributed by atoms with Gasteiger partial charge in [-0.3, -0.25) is 0 Å². The van der Waals surface area contributed by atoms with Gasteiger partial charge in [0, 0.05) is 51.2 Å². The SMILES string of the molecule is CC(C)(C)c1ccc2c(c1)N1c3cc(C(C)(C)C)ccc3B3c4ccc(C(C)(C)C)cc4N4c5cc(C(C)(C)C)ccc5B5c6ccc(C(C)(C)C)cc6N6c7cc(C(C)(C)C)ccc7B2c2c1c3c4c5c26. The fourth-order valence-electron chi connectivity index (χ4n) is 13.5. The molecule has 6 aliphatic rings. The second kappa shape index (κ2) is 14.0. The Morgan fingerprint density at radius 3 is 0.528 bits per heavy atom. The van der Waals surface area contributed by atoms with Gasteiger partial charge in [0.2, 0.25) is 0 Å². The average Bonchev–Trinajstić information content (AvgIpc) is 3.29. The van der Waals surface area contributed by atoms with Crippen LogP contribution < -0.4 is 63.9 Å². The Bertz CT molecular complexity index is 2980. The molecule has 13 rings (SSSR count). The van der Waals surface area contributed by atoms with Crippen molar-refractivity contribution in [3.8, 4) is 0 Å².